The number of aliphatic carboxylic acids is 1. The van der Waals surface area contributed by atoms with Crippen LogP contribution >= 0.6 is 0 Å². The first-order chi connectivity index (χ1) is 22.4. The maximum atomic E-state index is 14.4. The van der Waals surface area contributed by atoms with Crippen molar-refractivity contribution in [1.29, 1.82) is 0 Å². The molecule has 1 unspecified atom stereocenters. The molecule has 0 aromatic carbocycles. The predicted molar refractivity (Wildman–Crippen MR) is 196 cm³/mol. The Labute approximate surface area is 294 Å². The third-order valence-electron chi connectivity index (χ3n) is 16.8. The molecule has 0 aromatic heterocycles. The summed E-state index contributed by atoms with van der Waals surface area (Å²) in [5.74, 6) is 2.29. The Balaban J connectivity index is 1.21. The third kappa shape index (κ3) is 6.14. The van der Waals surface area contributed by atoms with E-state index in [1.165, 1.54) is 44.1 Å². The number of unbranched alkanes of at least 4 members (excludes halogenated alkanes) is 6. The maximum absolute atomic E-state index is 14.4. The summed E-state index contributed by atoms with van der Waals surface area (Å²) >= 11 is 0. The zero-order valence-corrected chi connectivity index (χ0v) is 32.3. The molecule has 0 aliphatic heterocycles. The Morgan fingerprint density at radius 3 is 2.06 bits per heavy atom. The van der Waals surface area contributed by atoms with Gasteiger partial charge in [0.15, 0.2) is 0 Å². The number of rotatable bonds is 13. The molecule has 5 aliphatic rings. The van der Waals surface area contributed by atoms with Crippen LogP contribution in [0.4, 0.5) is 0 Å². The lowest BCUT2D eigenvalue weighted by Crippen LogP contribution is -2.67. The molecule has 0 bridgehead atoms. The SMILES string of the molecule is C=C(C)[C@@H]1CC[C@]2(C(=O)NCCCCCCCCCC(C)(C)C(=O)O)CC[C@]3(C)[C@H](CCC4[C@@]5(C)CC[C@H](O)C(C)(C)[C@@H]5CC[C@]43C)[C@@H]12. The van der Waals surface area contributed by atoms with Gasteiger partial charge in [-0.25, -0.2) is 0 Å². The highest BCUT2D eigenvalue weighted by Crippen LogP contribution is 2.77. The van der Waals surface area contributed by atoms with Gasteiger partial charge in [0, 0.05) is 6.54 Å². The van der Waals surface area contributed by atoms with Crippen LogP contribution in [-0.2, 0) is 9.59 Å². The van der Waals surface area contributed by atoms with E-state index in [1.54, 1.807) is 0 Å². The Bertz CT molecular complexity index is 1210. The molecule has 5 saturated carbocycles. The van der Waals surface area contributed by atoms with E-state index in [-0.39, 0.29) is 33.2 Å². The van der Waals surface area contributed by atoms with Gasteiger partial charge in [0.2, 0.25) is 5.91 Å². The van der Waals surface area contributed by atoms with E-state index in [1.807, 2.05) is 13.8 Å². The van der Waals surface area contributed by atoms with E-state index in [0.29, 0.717) is 35.5 Å². The molecule has 274 valence electrons. The molecule has 5 rings (SSSR count). The number of nitrogens with one attached hydrogen (secondary N) is 1. The summed E-state index contributed by atoms with van der Waals surface area (Å²) in [7, 11) is 0. The van der Waals surface area contributed by atoms with Crippen molar-refractivity contribution in [3.8, 4) is 0 Å². The van der Waals surface area contributed by atoms with Gasteiger partial charge in [-0.3, -0.25) is 9.59 Å². The highest BCUT2D eigenvalue weighted by Gasteiger charge is 2.71. The summed E-state index contributed by atoms with van der Waals surface area (Å²) in [6.45, 7) is 23.8. The van der Waals surface area contributed by atoms with Gasteiger partial charge < -0.3 is 15.5 Å². The van der Waals surface area contributed by atoms with Crippen LogP contribution in [0.2, 0.25) is 0 Å². The van der Waals surface area contributed by atoms with Crippen molar-refractivity contribution >= 4 is 11.9 Å². The minimum Gasteiger partial charge on any atom is -0.481 e. The van der Waals surface area contributed by atoms with Crippen LogP contribution in [0, 0.1) is 62.1 Å². The van der Waals surface area contributed by atoms with E-state index in [9.17, 15) is 19.8 Å². The van der Waals surface area contributed by atoms with Gasteiger partial charge in [-0.1, -0.05) is 85.3 Å². The van der Waals surface area contributed by atoms with Crippen LogP contribution in [0.15, 0.2) is 12.2 Å². The topological polar surface area (TPSA) is 86.6 Å². The fourth-order valence-corrected chi connectivity index (χ4v) is 13.6. The van der Waals surface area contributed by atoms with E-state index in [2.05, 4.69) is 53.4 Å². The van der Waals surface area contributed by atoms with Crippen molar-refractivity contribution in [2.75, 3.05) is 6.54 Å². The van der Waals surface area contributed by atoms with Crippen LogP contribution in [0.5, 0.6) is 0 Å². The van der Waals surface area contributed by atoms with E-state index in [0.717, 1.165) is 83.6 Å². The molecule has 5 nitrogen and oxygen atoms in total. The van der Waals surface area contributed by atoms with Gasteiger partial charge in [-0.2, -0.15) is 0 Å². The number of carboxylic acid groups (broad SMARTS) is 1. The number of aliphatic hydroxyl groups is 1. The fourth-order valence-electron chi connectivity index (χ4n) is 13.6. The minimum atomic E-state index is -0.700. The molecular formula is C43H73NO4. The third-order valence-corrected chi connectivity index (χ3v) is 16.8. The zero-order chi connectivity index (χ0) is 35.3. The average molecular weight is 668 g/mol. The Kier molecular flexibility index (Phi) is 10.8. The van der Waals surface area contributed by atoms with Crippen molar-refractivity contribution in [1.82, 2.24) is 5.32 Å². The molecule has 0 spiro atoms. The number of hydrogen-bond acceptors (Lipinski definition) is 3. The lowest BCUT2D eigenvalue weighted by atomic mass is 9.32. The second-order valence-corrected chi connectivity index (χ2v) is 19.9. The van der Waals surface area contributed by atoms with Crippen molar-refractivity contribution in [2.24, 2.45) is 62.1 Å². The maximum Gasteiger partial charge on any atom is 0.309 e. The average Bonchev–Trinajstić information content (AvgIpc) is 3.42. The number of fused-ring (bicyclic) bond motifs is 7. The van der Waals surface area contributed by atoms with Gasteiger partial charge >= 0.3 is 5.97 Å². The van der Waals surface area contributed by atoms with Gasteiger partial charge in [-0.05, 0) is 149 Å². The summed E-state index contributed by atoms with van der Waals surface area (Å²) < 4.78 is 0. The summed E-state index contributed by atoms with van der Waals surface area (Å²) in [4.78, 5) is 25.7. The molecule has 5 aliphatic carbocycles. The first kappa shape index (κ1) is 37.9. The second-order valence-electron chi connectivity index (χ2n) is 19.9. The number of aliphatic hydroxyl groups excluding tert-OH is 1. The second kappa shape index (κ2) is 13.6. The number of allylic oxidation sites excluding steroid dienone is 1. The van der Waals surface area contributed by atoms with Crippen molar-refractivity contribution in [3.05, 3.63) is 12.2 Å². The summed E-state index contributed by atoms with van der Waals surface area (Å²) in [6, 6.07) is 0. The molecular weight excluding hydrogens is 594 g/mol. The van der Waals surface area contributed by atoms with Crippen LogP contribution in [0.1, 0.15) is 171 Å². The van der Waals surface area contributed by atoms with Crippen molar-refractivity contribution in [3.63, 3.8) is 0 Å². The summed E-state index contributed by atoms with van der Waals surface area (Å²) in [5, 5.41) is 23.9. The smallest absolute Gasteiger partial charge is 0.309 e. The van der Waals surface area contributed by atoms with E-state index < -0.39 is 11.4 Å². The normalized spacial score (nSPS) is 41.8. The number of amides is 1. The molecule has 3 N–H and O–H groups in total. The van der Waals surface area contributed by atoms with Gasteiger partial charge in [-0.15, -0.1) is 0 Å². The molecule has 10 atom stereocenters. The molecule has 0 heterocycles. The van der Waals surface area contributed by atoms with E-state index >= 15 is 0 Å². The number of carbonyl (C=O) groups excluding carboxylic acids is 1. The molecule has 0 aromatic rings. The summed E-state index contributed by atoms with van der Waals surface area (Å²) in [6.07, 6.45) is 19.7. The molecule has 0 saturated heterocycles. The number of carbonyl (C=O) groups is 2. The highest BCUT2D eigenvalue weighted by atomic mass is 16.4. The van der Waals surface area contributed by atoms with Crippen LogP contribution in [-0.4, -0.2) is 34.7 Å². The van der Waals surface area contributed by atoms with Crippen molar-refractivity contribution < 1.29 is 19.8 Å². The zero-order valence-electron chi connectivity index (χ0n) is 32.3. The Morgan fingerprint density at radius 1 is 0.771 bits per heavy atom. The first-order valence-electron chi connectivity index (χ1n) is 20.2. The fraction of sp³-hybridized carbons (Fsp3) is 0.907. The number of hydrogen-bond donors (Lipinski definition) is 3. The highest BCUT2D eigenvalue weighted by molar-refractivity contribution is 5.84. The van der Waals surface area contributed by atoms with Crippen LogP contribution in [0.25, 0.3) is 0 Å². The lowest BCUT2D eigenvalue weighted by Gasteiger charge is -2.72. The predicted octanol–water partition coefficient (Wildman–Crippen LogP) is 10.4. The van der Waals surface area contributed by atoms with Crippen LogP contribution < -0.4 is 5.32 Å². The van der Waals surface area contributed by atoms with Crippen LogP contribution in [0.3, 0.4) is 0 Å². The first-order valence-corrected chi connectivity index (χ1v) is 20.2. The molecule has 48 heavy (non-hydrogen) atoms. The standard InChI is InChI=1S/C43H73NO4/c1-29(2)30-19-25-43(36(46)44-28-16-14-12-10-11-13-15-22-38(3,4)37(47)48)27-26-41(8)31(35(30)43)17-18-33-40(7)23-21-34(45)39(5,6)32(40)20-24-42(33,41)9/h30-35,45H,1,10-28H2,2-9H3,(H,44,46)(H,47,48)/t30-,31+,32-,33?,34-,35+,40-,41+,42+,43-/m0/s1. The Morgan fingerprint density at radius 2 is 1.42 bits per heavy atom. The lowest BCUT2D eigenvalue weighted by molar-refractivity contribution is -0.246. The van der Waals surface area contributed by atoms with E-state index in [4.69, 9.17) is 0 Å². The summed E-state index contributed by atoms with van der Waals surface area (Å²) in [5.41, 5.74) is 1.15. The minimum absolute atomic E-state index is 0.0246. The number of carboxylic acids is 1. The molecule has 5 heteroatoms. The van der Waals surface area contributed by atoms with Gasteiger partial charge in [0.1, 0.15) is 0 Å². The van der Waals surface area contributed by atoms with Gasteiger partial charge in [0.05, 0.1) is 16.9 Å². The van der Waals surface area contributed by atoms with Gasteiger partial charge in [0.25, 0.3) is 0 Å². The molecule has 1 amide bonds. The largest absolute Gasteiger partial charge is 0.481 e. The quantitative estimate of drug-likeness (QED) is 0.135. The monoisotopic (exact) mass is 668 g/mol. The molecule has 0 radical (unpaired) electrons. The molecule has 5 fully saturated rings. The van der Waals surface area contributed by atoms with Crippen molar-refractivity contribution in [2.45, 2.75) is 177 Å². The Hall–Kier alpha value is -1.36.